The molecule has 0 spiro atoms. The van der Waals surface area contributed by atoms with Gasteiger partial charge in [-0.05, 0) is 18.6 Å². The number of fused-ring (bicyclic) bond motifs is 1. The van der Waals surface area contributed by atoms with E-state index in [-0.39, 0.29) is 22.2 Å². The topological polar surface area (TPSA) is 86.0 Å². The van der Waals surface area contributed by atoms with Crippen molar-refractivity contribution in [2.24, 2.45) is 14.1 Å². The molecule has 0 bridgehead atoms. The Labute approximate surface area is 160 Å². The average Bonchev–Trinajstić information content (AvgIpc) is 2.69. The van der Waals surface area contributed by atoms with Crippen molar-refractivity contribution in [2.45, 2.75) is 17.9 Å². The van der Waals surface area contributed by atoms with Crippen molar-refractivity contribution < 1.29 is 4.79 Å². The number of anilines is 1. The molecule has 1 atom stereocenters. The van der Waals surface area contributed by atoms with Crippen molar-refractivity contribution in [3.05, 3.63) is 69.0 Å². The second kappa shape index (κ2) is 7.79. The number of benzene rings is 1. The molecule has 8 heteroatoms. The number of amides is 1. The lowest BCUT2D eigenvalue weighted by atomic mass is 10.2. The van der Waals surface area contributed by atoms with Crippen LogP contribution in [0.2, 0.25) is 0 Å². The molecule has 0 radical (unpaired) electrons. The van der Waals surface area contributed by atoms with Crippen molar-refractivity contribution in [1.82, 2.24) is 14.1 Å². The fourth-order valence-corrected chi connectivity index (χ4v) is 3.49. The highest BCUT2D eigenvalue weighted by atomic mass is 32.2. The van der Waals surface area contributed by atoms with Crippen LogP contribution in [0.1, 0.15) is 12.5 Å². The van der Waals surface area contributed by atoms with E-state index >= 15 is 0 Å². The van der Waals surface area contributed by atoms with Gasteiger partial charge in [-0.3, -0.25) is 18.7 Å². The summed E-state index contributed by atoms with van der Waals surface area (Å²) in [6.07, 6.45) is 1.45. The second-order valence-corrected chi connectivity index (χ2v) is 7.56. The fraction of sp³-hybridized carbons (Fsp3) is 0.263. The molecule has 140 valence electrons. The Kier molecular flexibility index (Phi) is 5.46. The van der Waals surface area contributed by atoms with Gasteiger partial charge in [-0.15, -0.1) is 11.8 Å². The molecule has 0 saturated heterocycles. The van der Waals surface area contributed by atoms with E-state index < -0.39 is 11.2 Å². The Balaban J connectivity index is 1.77. The van der Waals surface area contributed by atoms with Crippen molar-refractivity contribution in [1.29, 1.82) is 0 Å². The Morgan fingerprint density at radius 3 is 2.59 bits per heavy atom. The summed E-state index contributed by atoms with van der Waals surface area (Å²) in [5.41, 5.74) is 0.980. The van der Waals surface area contributed by atoms with Crippen LogP contribution < -0.4 is 16.6 Å². The molecule has 3 aromatic rings. The zero-order valence-corrected chi connectivity index (χ0v) is 16.1. The Morgan fingerprint density at radius 1 is 1.19 bits per heavy atom. The summed E-state index contributed by atoms with van der Waals surface area (Å²) in [7, 11) is 2.97. The Hall–Kier alpha value is -2.87. The molecule has 1 aromatic carbocycles. The number of rotatable bonds is 5. The van der Waals surface area contributed by atoms with Gasteiger partial charge in [0.15, 0.2) is 0 Å². The minimum atomic E-state index is -0.442. The first kappa shape index (κ1) is 18.9. The Bertz CT molecular complexity index is 1110. The number of aromatic nitrogens is 3. The molecular formula is C19H20N4O3S. The number of carbonyl (C=O) groups excluding carboxylic acids is 1. The van der Waals surface area contributed by atoms with Gasteiger partial charge < -0.3 is 5.32 Å². The van der Waals surface area contributed by atoms with Crippen LogP contribution in [0.25, 0.3) is 11.0 Å². The number of pyridine rings is 1. The SMILES string of the molecule is CC(SCc1ccccc1)C(=O)Nc1cnc2c(c1)c(=O)n(C)c(=O)n2C. The lowest BCUT2D eigenvalue weighted by Crippen LogP contribution is -2.37. The monoisotopic (exact) mass is 384 g/mol. The van der Waals surface area contributed by atoms with Gasteiger partial charge in [0.25, 0.3) is 5.56 Å². The van der Waals surface area contributed by atoms with Crippen LogP contribution in [0.3, 0.4) is 0 Å². The van der Waals surface area contributed by atoms with Crippen molar-refractivity contribution >= 4 is 34.4 Å². The van der Waals surface area contributed by atoms with Crippen LogP contribution >= 0.6 is 11.8 Å². The first-order chi connectivity index (χ1) is 12.9. The summed E-state index contributed by atoms with van der Waals surface area (Å²) >= 11 is 1.53. The minimum Gasteiger partial charge on any atom is -0.324 e. The molecule has 0 fully saturated rings. The second-order valence-electron chi connectivity index (χ2n) is 6.23. The fourth-order valence-electron chi connectivity index (χ4n) is 2.65. The summed E-state index contributed by atoms with van der Waals surface area (Å²) < 4.78 is 2.33. The van der Waals surface area contributed by atoms with Gasteiger partial charge in [0.1, 0.15) is 5.65 Å². The number of hydrogen-bond donors (Lipinski definition) is 1. The third-order valence-corrected chi connectivity index (χ3v) is 5.49. The Morgan fingerprint density at radius 2 is 1.89 bits per heavy atom. The van der Waals surface area contributed by atoms with E-state index in [0.717, 1.165) is 15.9 Å². The molecule has 2 heterocycles. The highest BCUT2D eigenvalue weighted by Gasteiger charge is 2.15. The van der Waals surface area contributed by atoms with E-state index in [9.17, 15) is 14.4 Å². The normalized spacial score (nSPS) is 12.1. The van der Waals surface area contributed by atoms with Gasteiger partial charge in [-0.25, -0.2) is 9.78 Å². The largest absolute Gasteiger partial charge is 0.332 e. The van der Waals surface area contributed by atoms with Crippen LogP contribution in [-0.4, -0.2) is 25.3 Å². The first-order valence-electron chi connectivity index (χ1n) is 8.40. The van der Waals surface area contributed by atoms with Crippen LogP contribution in [-0.2, 0) is 24.6 Å². The van der Waals surface area contributed by atoms with Crippen LogP contribution in [0.5, 0.6) is 0 Å². The number of nitrogens with zero attached hydrogens (tertiary/aromatic N) is 3. The summed E-state index contributed by atoms with van der Waals surface area (Å²) in [6, 6.07) is 11.5. The molecule has 7 nitrogen and oxygen atoms in total. The quantitative estimate of drug-likeness (QED) is 0.726. The number of nitrogens with one attached hydrogen (secondary N) is 1. The van der Waals surface area contributed by atoms with E-state index in [1.54, 1.807) is 13.1 Å². The molecule has 2 aromatic heterocycles. The molecular weight excluding hydrogens is 364 g/mol. The van der Waals surface area contributed by atoms with E-state index in [4.69, 9.17) is 0 Å². The summed E-state index contributed by atoms with van der Waals surface area (Å²) in [6.45, 7) is 1.83. The third-order valence-electron chi connectivity index (χ3n) is 4.27. The van der Waals surface area contributed by atoms with Gasteiger partial charge in [-0.2, -0.15) is 0 Å². The lowest BCUT2D eigenvalue weighted by molar-refractivity contribution is -0.115. The molecule has 27 heavy (non-hydrogen) atoms. The van der Waals surface area contributed by atoms with Crippen molar-refractivity contribution in [2.75, 3.05) is 5.32 Å². The molecule has 1 N–H and O–H groups in total. The molecule has 0 aliphatic heterocycles. The number of carbonyl (C=O) groups is 1. The standard InChI is InChI=1S/C19H20N4O3S/c1-12(27-11-13-7-5-4-6-8-13)17(24)21-14-9-15-16(20-10-14)22(2)19(26)23(3)18(15)25/h4-10,12H,11H2,1-3H3,(H,21,24). The lowest BCUT2D eigenvalue weighted by Gasteiger charge is -2.13. The van der Waals surface area contributed by atoms with Crippen LogP contribution in [0.4, 0.5) is 5.69 Å². The highest BCUT2D eigenvalue weighted by molar-refractivity contribution is 7.99. The number of thioether (sulfide) groups is 1. The van der Waals surface area contributed by atoms with Gasteiger partial charge in [0.05, 0.1) is 22.5 Å². The maximum atomic E-state index is 12.4. The van der Waals surface area contributed by atoms with Crippen molar-refractivity contribution in [3.8, 4) is 0 Å². The van der Waals surface area contributed by atoms with Gasteiger partial charge in [0, 0.05) is 19.8 Å². The highest BCUT2D eigenvalue weighted by Crippen LogP contribution is 2.19. The third kappa shape index (κ3) is 3.95. The molecule has 3 rings (SSSR count). The summed E-state index contributed by atoms with van der Waals surface area (Å²) in [5.74, 6) is 0.562. The van der Waals surface area contributed by atoms with E-state index in [2.05, 4.69) is 10.3 Å². The zero-order chi connectivity index (χ0) is 19.6. The van der Waals surface area contributed by atoms with E-state index in [1.807, 2.05) is 37.3 Å². The first-order valence-corrected chi connectivity index (χ1v) is 9.45. The van der Waals surface area contributed by atoms with E-state index in [1.165, 1.54) is 29.6 Å². The molecule has 0 aliphatic rings. The zero-order valence-electron chi connectivity index (χ0n) is 15.3. The molecule has 1 unspecified atom stereocenters. The predicted octanol–water partition coefficient (Wildman–Crippen LogP) is 1.89. The minimum absolute atomic E-state index is 0.168. The average molecular weight is 384 g/mol. The molecule has 0 saturated carbocycles. The maximum Gasteiger partial charge on any atom is 0.332 e. The number of aryl methyl sites for hydroxylation is 1. The van der Waals surface area contributed by atoms with Crippen LogP contribution in [0, 0.1) is 0 Å². The van der Waals surface area contributed by atoms with E-state index in [0.29, 0.717) is 5.69 Å². The van der Waals surface area contributed by atoms with Crippen LogP contribution in [0.15, 0.2) is 52.2 Å². The predicted molar refractivity (Wildman–Crippen MR) is 108 cm³/mol. The van der Waals surface area contributed by atoms with Gasteiger partial charge >= 0.3 is 5.69 Å². The van der Waals surface area contributed by atoms with Gasteiger partial charge in [0.2, 0.25) is 5.91 Å². The van der Waals surface area contributed by atoms with Crippen molar-refractivity contribution in [3.63, 3.8) is 0 Å². The molecule has 1 amide bonds. The van der Waals surface area contributed by atoms with Gasteiger partial charge in [-0.1, -0.05) is 30.3 Å². The smallest absolute Gasteiger partial charge is 0.324 e. The molecule has 0 aliphatic carbocycles. The maximum absolute atomic E-state index is 12.4. The number of hydrogen-bond acceptors (Lipinski definition) is 5. The summed E-state index contributed by atoms with van der Waals surface area (Å²) in [4.78, 5) is 40.9. The summed E-state index contributed by atoms with van der Waals surface area (Å²) in [5, 5.41) is 2.80.